The molecule has 1 saturated heterocycles. The average Bonchev–Trinajstić information content (AvgIpc) is 2.34. The molecule has 6 nitrogen and oxygen atoms in total. The highest BCUT2D eigenvalue weighted by atomic mass is 16.2. The van der Waals surface area contributed by atoms with Crippen molar-refractivity contribution < 1.29 is 9.59 Å². The Morgan fingerprint density at radius 1 is 1.56 bits per heavy atom. The van der Waals surface area contributed by atoms with E-state index in [4.69, 9.17) is 0 Å². The number of nitrogens with one attached hydrogen (secondary N) is 2. The molecule has 2 rings (SSSR count). The van der Waals surface area contributed by atoms with E-state index >= 15 is 0 Å². The molecule has 1 aliphatic heterocycles. The van der Waals surface area contributed by atoms with Crippen LogP contribution in [0.2, 0.25) is 0 Å². The minimum absolute atomic E-state index is 0.183. The monoisotopic (exact) mass is 248 g/mol. The number of carbonyl (C=O) groups excluding carboxylic acids is 2. The zero-order chi connectivity index (χ0) is 13.1. The number of imide groups is 1. The molecule has 0 bridgehead atoms. The first-order valence-electron chi connectivity index (χ1n) is 5.92. The Kier molecular flexibility index (Phi) is 3.45. The van der Waals surface area contributed by atoms with Crippen molar-refractivity contribution in [2.24, 2.45) is 0 Å². The second-order valence-electron chi connectivity index (χ2n) is 4.15. The Balaban J connectivity index is 2.26. The van der Waals surface area contributed by atoms with Crippen molar-refractivity contribution in [2.45, 2.75) is 19.9 Å². The first-order valence-corrected chi connectivity index (χ1v) is 5.92. The van der Waals surface area contributed by atoms with Crippen LogP contribution < -0.4 is 15.5 Å². The van der Waals surface area contributed by atoms with E-state index in [0.29, 0.717) is 0 Å². The topological polar surface area (TPSA) is 74.3 Å². The van der Waals surface area contributed by atoms with Gasteiger partial charge in [-0.1, -0.05) is 0 Å². The van der Waals surface area contributed by atoms with Crippen LogP contribution in [-0.4, -0.2) is 35.9 Å². The summed E-state index contributed by atoms with van der Waals surface area (Å²) >= 11 is 0. The first kappa shape index (κ1) is 12.3. The molecule has 2 amide bonds. The zero-order valence-electron chi connectivity index (χ0n) is 10.4. The van der Waals surface area contributed by atoms with E-state index in [9.17, 15) is 9.59 Å². The molecule has 0 radical (unpaired) electrons. The highest BCUT2D eigenvalue weighted by molar-refractivity contribution is 6.04. The smallest absolute Gasteiger partial charge is 0.249 e. The van der Waals surface area contributed by atoms with Crippen molar-refractivity contribution in [1.29, 1.82) is 0 Å². The summed E-state index contributed by atoms with van der Waals surface area (Å²) in [4.78, 5) is 28.9. The molecule has 2 heterocycles. The molecule has 1 aliphatic rings. The van der Waals surface area contributed by atoms with E-state index in [2.05, 4.69) is 15.6 Å². The van der Waals surface area contributed by atoms with Crippen molar-refractivity contribution in [3.63, 3.8) is 0 Å². The van der Waals surface area contributed by atoms with Crippen LogP contribution in [0.1, 0.15) is 13.8 Å². The maximum absolute atomic E-state index is 11.6. The summed E-state index contributed by atoms with van der Waals surface area (Å²) in [6.45, 7) is 4.71. The van der Waals surface area contributed by atoms with Gasteiger partial charge in [-0.3, -0.25) is 14.9 Å². The number of nitrogens with zero attached hydrogens (tertiary/aromatic N) is 2. The fourth-order valence-electron chi connectivity index (χ4n) is 1.91. The summed E-state index contributed by atoms with van der Waals surface area (Å²) in [6.07, 6.45) is 1.66. The molecule has 0 aliphatic carbocycles. The lowest BCUT2D eigenvalue weighted by atomic mass is 10.1. The van der Waals surface area contributed by atoms with Gasteiger partial charge in [0.1, 0.15) is 11.9 Å². The summed E-state index contributed by atoms with van der Waals surface area (Å²) in [5.74, 6) is 0.189. The second-order valence-corrected chi connectivity index (χ2v) is 4.15. The fraction of sp³-hybridized carbons (Fsp3) is 0.417. The fourth-order valence-corrected chi connectivity index (χ4v) is 1.91. The quantitative estimate of drug-likeness (QED) is 0.756. The van der Waals surface area contributed by atoms with Crippen LogP contribution in [-0.2, 0) is 9.59 Å². The molecule has 0 spiro atoms. The van der Waals surface area contributed by atoms with Crippen LogP contribution in [0, 0.1) is 0 Å². The normalized spacial score (nSPS) is 19.7. The van der Waals surface area contributed by atoms with E-state index in [-0.39, 0.29) is 24.4 Å². The van der Waals surface area contributed by atoms with Crippen LogP contribution in [0.5, 0.6) is 0 Å². The Morgan fingerprint density at radius 2 is 2.33 bits per heavy atom. The number of aromatic nitrogens is 1. The molecule has 6 heteroatoms. The average molecular weight is 248 g/mol. The van der Waals surface area contributed by atoms with Crippen molar-refractivity contribution in [3.8, 4) is 0 Å². The highest BCUT2D eigenvalue weighted by Gasteiger charge is 2.30. The highest BCUT2D eigenvalue weighted by Crippen LogP contribution is 2.21. The summed E-state index contributed by atoms with van der Waals surface area (Å²) in [7, 11) is 0. The summed E-state index contributed by atoms with van der Waals surface area (Å²) in [6, 6.07) is 3.27. The van der Waals surface area contributed by atoms with Crippen molar-refractivity contribution >= 4 is 23.3 Å². The number of piperazine rings is 1. The Labute approximate surface area is 105 Å². The molecule has 1 fully saturated rings. The summed E-state index contributed by atoms with van der Waals surface area (Å²) < 4.78 is 0. The minimum Gasteiger partial charge on any atom is -0.370 e. The number of carbonyl (C=O) groups is 2. The maximum Gasteiger partial charge on any atom is 0.249 e. The molecule has 1 atom stereocenters. The lowest BCUT2D eigenvalue weighted by molar-refractivity contribution is -0.132. The van der Waals surface area contributed by atoms with Crippen molar-refractivity contribution in [1.82, 2.24) is 10.3 Å². The first-order chi connectivity index (χ1) is 8.61. The number of anilines is 2. The van der Waals surface area contributed by atoms with E-state index in [1.165, 1.54) is 0 Å². The third-order valence-electron chi connectivity index (χ3n) is 2.86. The second kappa shape index (κ2) is 5.03. The van der Waals surface area contributed by atoms with Crippen molar-refractivity contribution in [3.05, 3.63) is 18.3 Å². The van der Waals surface area contributed by atoms with Crippen molar-refractivity contribution in [2.75, 3.05) is 23.3 Å². The molecule has 0 saturated carbocycles. The van der Waals surface area contributed by atoms with Gasteiger partial charge >= 0.3 is 0 Å². The third-order valence-corrected chi connectivity index (χ3v) is 2.86. The molecule has 1 aromatic rings. The number of hydrogen-bond acceptors (Lipinski definition) is 5. The van der Waals surface area contributed by atoms with Gasteiger partial charge in [0.05, 0.1) is 6.54 Å². The van der Waals surface area contributed by atoms with E-state index < -0.39 is 0 Å². The summed E-state index contributed by atoms with van der Waals surface area (Å²) in [5, 5.41) is 5.42. The van der Waals surface area contributed by atoms with Gasteiger partial charge in [-0.2, -0.15) is 0 Å². The van der Waals surface area contributed by atoms with Gasteiger partial charge in [-0.05, 0) is 19.9 Å². The lowest BCUT2D eigenvalue weighted by Gasteiger charge is -2.33. The Hall–Kier alpha value is -2.11. The lowest BCUT2D eigenvalue weighted by Crippen LogP contribution is -2.57. The van der Waals surface area contributed by atoms with E-state index in [1.54, 1.807) is 24.1 Å². The van der Waals surface area contributed by atoms with Gasteiger partial charge in [0.2, 0.25) is 11.8 Å². The molecule has 0 aromatic carbocycles. The van der Waals surface area contributed by atoms with Gasteiger partial charge in [0, 0.05) is 24.5 Å². The van der Waals surface area contributed by atoms with Crippen LogP contribution in [0.25, 0.3) is 0 Å². The van der Waals surface area contributed by atoms with Gasteiger partial charge in [0.25, 0.3) is 0 Å². The van der Waals surface area contributed by atoms with Crippen LogP contribution in [0.4, 0.5) is 11.5 Å². The van der Waals surface area contributed by atoms with Gasteiger partial charge < -0.3 is 10.2 Å². The van der Waals surface area contributed by atoms with Crippen LogP contribution in [0.3, 0.4) is 0 Å². The number of hydrogen-bond donors (Lipinski definition) is 2. The molecule has 1 unspecified atom stereocenters. The minimum atomic E-state index is -0.362. The summed E-state index contributed by atoms with van der Waals surface area (Å²) in [5.41, 5.74) is 0.816. The molecular formula is C12H16N4O2. The Bertz CT molecular complexity index is 475. The number of pyridine rings is 1. The van der Waals surface area contributed by atoms with Gasteiger partial charge in [-0.25, -0.2) is 4.98 Å². The zero-order valence-corrected chi connectivity index (χ0v) is 10.4. The SMILES string of the molecule is CCNc1cc(N2CC(=O)NC(=O)C2C)ccn1. The van der Waals surface area contributed by atoms with Crippen LogP contribution in [0.15, 0.2) is 18.3 Å². The van der Waals surface area contributed by atoms with Gasteiger partial charge in [-0.15, -0.1) is 0 Å². The van der Waals surface area contributed by atoms with E-state index in [0.717, 1.165) is 18.1 Å². The molecule has 1 aromatic heterocycles. The largest absolute Gasteiger partial charge is 0.370 e. The molecule has 96 valence electrons. The third kappa shape index (κ3) is 2.42. The molecule has 2 N–H and O–H groups in total. The molecular weight excluding hydrogens is 232 g/mol. The number of amides is 2. The Morgan fingerprint density at radius 3 is 3.06 bits per heavy atom. The predicted molar refractivity (Wildman–Crippen MR) is 68.4 cm³/mol. The standard InChI is InChI=1S/C12H16N4O2/c1-3-13-10-6-9(4-5-14-10)16-7-11(17)15-12(18)8(16)2/h4-6,8H,3,7H2,1-2H3,(H,13,14)(H,15,17,18). The van der Waals surface area contributed by atoms with Crippen LogP contribution >= 0.6 is 0 Å². The molecule has 18 heavy (non-hydrogen) atoms. The van der Waals surface area contributed by atoms with Gasteiger partial charge in [0.15, 0.2) is 0 Å². The maximum atomic E-state index is 11.6. The van der Waals surface area contributed by atoms with E-state index in [1.807, 2.05) is 13.0 Å². The predicted octanol–water partition coefficient (Wildman–Crippen LogP) is 0.365. The number of rotatable bonds is 3.